The third-order valence-electron chi connectivity index (χ3n) is 3.96. The summed E-state index contributed by atoms with van der Waals surface area (Å²) in [6, 6.07) is 9.96. The minimum atomic E-state index is -0.361. The van der Waals surface area contributed by atoms with Gasteiger partial charge in [0, 0.05) is 13.1 Å². The van der Waals surface area contributed by atoms with E-state index in [9.17, 15) is 5.11 Å². The van der Waals surface area contributed by atoms with Gasteiger partial charge in [0.1, 0.15) is 0 Å². The number of aliphatic hydroxyl groups excluding tert-OH is 1. The Morgan fingerprint density at radius 3 is 2.50 bits per heavy atom. The van der Waals surface area contributed by atoms with Gasteiger partial charge < -0.3 is 10.0 Å². The molecule has 1 aromatic carbocycles. The first kappa shape index (κ1) is 13.6. The van der Waals surface area contributed by atoms with Crippen molar-refractivity contribution in [3.8, 4) is 0 Å². The molecule has 0 aromatic heterocycles. The molecule has 0 spiro atoms. The fourth-order valence-electron chi connectivity index (χ4n) is 2.96. The molecule has 0 bridgehead atoms. The minimum absolute atomic E-state index is 0.361. The largest absolute Gasteiger partial charge is 0.387 e. The van der Waals surface area contributed by atoms with Crippen molar-refractivity contribution in [3.63, 3.8) is 0 Å². The Balaban J connectivity index is 1.78. The predicted molar refractivity (Wildman–Crippen MR) is 75.5 cm³/mol. The van der Waals surface area contributed by atoms with Gasteiger partial charge in [-0.1, -0.05) is 49.6 Å². The summed E-state index contributed by atoms with van der Waals surface area (Å²) in [6.07, 6.45) is 6.56. The minimum Gasteiger partial charge on any atom is -0.387 e. The smallest absolute Gasteiger partial charge is 0.0916 e. The Morgan fingerprint density at radius 1 is 1.17 bits per heavy atom. The molecule has 1 N–H and O–H groups in total. The summed E-state index contributed by atoms with van der Waals surface area (Å²) in [6.45, 7) is 1.87. The zero-order chi connectivity index (χ0) is 12.8. The fourth-order valence-corrected chi connectivity index (χ4v) is 2.96. The highest BCUT2D eigenvalue weighted by atomic mass is 16.3. The van der Waals surface area contributed by atoms with E-state index in [4.69, 9.17) is 0 Å². The summed E-state index contributed by atoms with van der Waals surface area (Å²) >= 11 is 0. The van der Waals surface area contributed by atoms with Crippen molar-refractivity contribution in [2.75, 3.05) is 20.1 Å². The molecule has 2 nitrogen and oxygen atoms in total. The van der Waals surface area contributed by atoms with Gasteiger partial charge in [-0.25, -0.2) is 0 Å². The number of nitrogens with zero attached hydrogens (tertiary/aromatic N) is 1. The maximum Gasteiger partial charge on any atom is 0.0916 e. The second-order valence-electron chi connectivity index (χ2n) is 5.65. The summed E-state index contributed by atoms with van der Waals surface area (Å²) in [5.41, 5.74) is 1.02. The Morgan fingerprint density at radius 2 is 1.83 bits per heavy atom. The highest BCUT2D eigenvalue weighted by molar-refractivity contribution is 5.17. The third-order valence-corrected chi connectivity index (χ3v) is 3.96. The zero-order valence-electron chi connectivity index (χ0n) is 11.4. The van der Waals surface area contributed by atoms with Crippen LogP contribution in [0.2, 0.25) is 0 Å². The first-order valence-electron chi connectivity index (χ1n) is 7.17. The number of hydrogen-bond donors (Lipinski definition) is 1. The van der Waals surface area contributed by atoms with E-state index in [1.165, 1.54) is 32.1 Å². The monoisotopic (exact) mass is 247 g/mol. The average Bonchev–Trinajstić information content (AvgIpc) is 2.40. The van der Waals surface area contributed by atoms with E-state index >= 15 is 0 Å². The fraction of sp³-hybridized carbons (Fsp3) is 0.625. The summed E-state index contributed by atoms with van der Waals surface area (Å²) in [4.78, 5) is 2.29. The van der Waals surface area contributed by atoms with E-state index in [0.29, 0.717) is 0 Å². The van der Waals surface area contributed by atoms with Crippen LogP contribution in [0.5, 0.6) is 0 Å². The second-order valence-corrected chi connectivity index (χ2v) is 5.65. The molecule has 1 saturated carbocycles. The molecule has 1 aliphatic carbocycles. The van der Waals surface area contributed by atoms with Crippen LogP contribution >= 0.6 is 0 Å². The van der Waals surface area contributed by atoms with Crippen molar-refractivity contribution in [1.29, 1.82) is 0 Å². The molecule has 2 heteroatoms. The number of hydrogen-bond acceptors (Lipinski definition) is 2. The van der Waals surface area contributed by atoms with Gasteiger partial charge in [0.25, 0.3) is 0 Å². The van der Waals surface area contributed by atoms with Gasteiger partial charge >= 0.3 is 0 Å². The predicted octanol–water partition coefficient (Wildman–Crippen LogP) is 3.23. The molecule has 1 aliphatic rings. The Bertz CT molecular complexity index is 332. The molecule has 0 amide bonds. The molecule has 0 radical (unpaired) electrons. The molecule has 0 saturated heterocycles. The van der Waals surface area contributed by atoms with Crippen molar-refractivity contribution in [2.45, 2.75) is 38.2 Å². The molecule has 1 aromatic rings. The van der Waals surface area contributed by atoms with Crippen molar-refractivity contribution >= 4 is 0 Å². The van der Waals surface area contributed by atoms with Crippen molar-refractivity contribution in [3.05, 3.63) is 35.9 Å². The standard InChI is InChI=1S/C16H25NO/c1-17(12-14-8-4-2-5-9-14)13-16(18)15-10-6-3-7-11-15/h3,6-7,10-11,14,16,18H,2,4-5,8-9,12-13H2,1H3/t16-/m1/s1. The Kier molecular flexibility index (Phi) is 5.21. The number of benzene rings is 1. The topological polar surface area (TPSA) is 23.5 Å². The molecule has 0 heterocycles. The van der Waals surface area contributed by atoms with Gasteiger partial charge in [0.05, 0.1) is 6.10 Å². The van der Waals surface area contributed by atoms with Gasteiger partial charge in [-0.05, 0) is 31.4 Å². The first-order valence-corrected chi connectivity index (χ1v) is 7.17. The van der Waals surface area contributed by atoms with Gasteiger partial charge in [-0.15, -0.1) is 0 Å². The molecular weight excluding hydrogens is 222 g/mol. The van der Waals surface area contributed by atoms with Gasteiger partial charge in [0.15, 0.2) is 0 Å². The van der Waals surface area contributed by atoms with Crippen molar-refractivity contribution in [1.82, 2.24) is 4.90 Å². The van der Waals surface area contributed by atoms with Crippen LogP contribution in [-0.4, -0.2) is 30.1 Å². The molecule has 1 fully saturated rings. The van der Waals surface area contributed by atoms with E-state index in [-0.39, 0.29) is 6.10 Å². The van der Waals surface area contributed by atoms with Crippen LogP contribution in [0.15, 0.2) is 30.3 Å². The number of likely N-dealkylation sites (N-methyl/N-ethyl adjacent to an activating group) is 1. The van der Waals surface area contributed by atoms with Gasteiger partial charge in [-0.3, -0.25) is 0 Å². The number of aliphatic hydroxyl groups is 1. The van der Waals surface area contributed by atoms with Crippen LogP contribution in [0.4, 0.5) is 0 Å². The normalized spacial score (nSPS) is 19.1. The SMILES string of the molecule is CN(CC1CCCCC1)C[C@@H](O)c1ccccc1. The van der Waals surface area contributed by atoms with Crippen LogP contribution < -0.4 is 0 Å². The summed E-state index contributed by atoms with van der Waals surface area (Å²) in [5.74, 6) is 0.840. The zero-order valence-corrected chi connectivity index (χ0v) is 11.4. The lowest BCUT2D eigenvalue weighted by molar-refractivity contribution is 0.113. The van der Waals surface area contributed by atoms with E-state index in [0.717, 1.165) is 24.6 Å². The molecular formula is C16H25NO. The highest BCUT2D eigenvalue weighted by Gasteiger charge is 2.17. The maximum absolute atomic E-state index is 10.2. The third kappa shape index (κ3) is 4.11. The van der Waals surface area contributed by atoms with E-state index in [1.54, 1.807) is 0 Å². The van der Waals surface area contributed by atoms with Gasteiger partial charge in [0.2, 0.25) is 0 Å². The first-order chi connectivity index (χ1) is 8.75. The molecule has 0 unspecified atom stereocenters. The van der Waals surface area contributed by atoms with Crippen molar-refractivity contribution < 1.29 is 5.11 Å². The Labute approximate surface area is 111 Å². The van der Waals surface area contributed by atoms with E-state index in [1.807, 2.05) is 30.3 Å². The molecule has 100 valence electrons. The number of rotatable bonds is 5. The molecule has 2 rings (SSSR count). The second kappa shape index (κ2) is 6.91. The lowest BCUT2D eigenvalue weighted by Gasteiger charge is -2.28. The lowest BCUT2D eigenvalue weighted by atomic mass is 9.89. The summed E-state index contributed by atoms with van der Waals surface area (Å²) < 4.78 is 0. The van der Waals surface area contributed by atoms with Crippen LogP contribution in [0, 0.1) is 5.92 Å². The van der Waals surface area contributed by atoms with E-state index < -0.39 is 0 Å². The van der Waals surface area contributed by atoms with Crippen LogP contribution in [0.1, 0.15) is 43.8 Å². The van der Waals surface area contributed by atoms with Crippen LogP contribution in [0.25, 0.3) is 0 Å². The van der Waals surface area contributed by atoms with Crippen LogP contribution in [0.3, 0.4) is 0 Å². The van der Waals surface area contributed by atoms with E-state index in [2.05, 4.69) is 11.9 Å². The van der Waals surface area contributed by atoms with Crippen LogP contribution in [-0.2, 0) is 0 Å². The Hall–Kier alpha value is -0.860. The highest BCUT2D eigenvalue weighted by Crippen LogP contribution is 2.24. The molecule has 18 heavy (non-hydrogen) atoms. The quantitative estimate of drug-likeness (QED) is 0.863. The summed E-state index contributed by atoms with van der Waals surface area (Å²) in [5, 5.41) is 10.2. The molecule has 0 aliphatic heterocycles. The maximum atomic E-state index is 10.2. The molecule has 1 atom stereocenters. The average molecular weight is 247 g/mol. The van der Waals surface area contributed by atoms with Crippen molar-refractivity contribution in [2.24, 2.45) is 5.92 Å². The summed E-state index contributed by atoms with van der Waals surface area (Å²) in [7, 11) is 2.13. The lowest BCUT2D eigenvalue weighted by Crippen LogP contribution is -2.30. The van der Waals surface area contributed by atoms with Gasteiger partial charge in [-0.2, -0.15) is 0 Å².